The van der Waals surface area contributed by atoms with E-state index < -0.39 is 6.04 Å². The molecule has 1 aliphatic heterocycles. The number of halogens is 1. The number of carbonyl (C=O) groups excluding carboxylic acids is 1. The van der Waals surface area contributed by atoms with E-state index in [4.69, 9.17) is 0 Å². The number of hydrogen-bond donors (Lipinski definition) is 0. The minimum absolute atomic E-state index is 0.240. The number of thiazole rings is 1. The third-order valence-electron chi connectivity index (χ3n) is 4.82. The van der Waals surface area contributed by atoms with Gasteiger partial charge in [-0.15, -0.1) is 11.3 Å². The van der Waals surface area contributed by atoms with Crippen LogP contribution in [0, 0.1) is 20.8 Å². The van der Waals surface area contributed by atoms with Crippen molar-refractivity contribution in [3.63, 3.8) is 0 Å². The lowest BCUT2D eigenvalue weighted by Crippen LogP contribution is -2.29. The Bertz CT molecular complexity index is 1160. The van der Waals surface area contributed by atoms with Crippen molar-refractivity contribution in [2.75, 3.05) is 5.01 Å². The summed E-state index contributed by atoms with van der Waals surface area (Å²) < 4.78 is 1.00. The molecular formula is C22H20BrN5OS. The number of carbonyl (C=O) groups is 1. The van der Waals surface area contributed by atoms with Crippen molar-refractivity contribution in [3.05, 3.63) is 62.9 Å². The lowest BCUT2D eigenvalue weighted by molar-refractivity contribution is -0.117. The first-order chi connectivity index (χ1) is 14.3. The van der Waals surface area contributed by atoms with Gasteiger partial charge in [0.15, 0.2) is 6.04 Å². The monoisotopic (exact) mass is 481 g/mol. The van der Waals surface area contributed by atoms with Crippen molar-refractivity contribution >= 4 is 49.7 Å². The van der Waals surface area contributed by atoms with Gasteiger partial charge >= 0.3 is 0 Å². The van der Waals surface area contributed by atoms with Crippen molar-refractivity contribution in [1.29, 1.82) is 0 Å². The molecule has 0 N–H and O–H groups in total. The van der Waals surface area contributed by atoms with Gasteiger partial charge < -0.3 is 0 Å². The van der Waals surface area contributed by atoms with Crippen molar-refractivity contribution < 1.29 is 4.79 Å². The highest BCUT2D eigenvalue weighted by Gasteiger charge is 2.36. The molecule has 0 spiro atoms. The van der Waals surface area contributed by atoms with E-state index in [2.05, 4.69) is 48.4 Å². The molecule has 0 aliphatic carbocycles. The van der Waals surface area contributed by atoms with Gasteiger partial charge in [-0.3, -0.25) is 4.79 Å². The number of azo groups is 1. The van der Waals surface area contributed by atoms with Crippen LogP contribution in [0.15, 0.2) is 61.6 Å². The summed E-state index contributed by atoms with van der Waals surface area (Å²) in [5, 5.41) is 16.9. The maximum absolute atomic E-state index is 13.0. The molecule has 1 amide bonds. The molecule has 2 aromatic carbocycles. The van der Waals surface area contributed by atoms with Gasteiger partial charge in [0.25, 0.3) is 5.91 Å². The van der Waals surface area contributed by atoms with Gasteiger partial charge in [-0.05, 0) is 51.0 Å². The summed E-state index contributed by atoms with van der Waals surface area (Å²) in [5.41, 5.74) is 6.43. The van der Waals surface area contributed by atoms with E-state index >= 15 is 0 Å². The number of nitrogens with zero attached hydrogens (tertiary/aromatic N) is 5. The number of rotatable bonds is 4. The van der Waals surface area contributed by atoms with Crippen LogP contribution in [0.2, 0.25) is 0 Å². The molecule has 0 fully saturated rings. The smallest absolute Gasteiger partial charge is 0.269 e. The molecule has 0 bridgehead atoms. The van der Waals surface area contributed by atoms with E-state index in [9.17, 15) is 4.79 Å². The van der Waals surface area contributed by atoms with Gasteiger partial charge in [0.2, 0.25) is 5.13 Å². The minimum Gasteiger partial charge on any atom is -0.269 e. The standard InChI is InChI=1S/C22H20BrN5OS/c1-12-9-13(2)19(14(3)10-12)25-26-20-15(4)27-28(21(20)29)22-24-18(11-30-22)16-5-7-17(23)8-6-16/h5-11,20H,1-4H3. The van der Waals surface area contributed by atoms with E-state index in [1.54, 1.807) is 6.92 Å². The quantitative estimate of drug-likeness (QED) is 0.405. The average molecular weight is 482 g/mol. The summed E-state index contributed by atoms with van der Waals surface area (Å²) in [4.78, 5) is 17.6. The summed E-state index contributed by atoms with van der Waals surface area (Å²) >= 11 is 4.81. The molecule has 4 rings (SSSR count). The Morgan fingerprint density at radius 3 is 2.40 bits per heavy atom. The Kier molecular flexibility index (Phi) is 5.62. The fourth-order valence-electron chi connectivity index (χ4n) is 3.39. The first-order valence-electron chi connectivity index (χ1n) is 9.42. The van der Waals surface area contributed by atoms with E-state index in [0.717, 1.165) is 32.5 Å². The Morgan fingerprint density at radius 2 is 1.73 bits per heavy atom. The van der Waals surface area contributed by atoms with Crippen LogP contribution in [0.5, 0.6) is 0 Å². The molecular weight excluding hydrogens is 462 g/mol. The van der Waals surface area contributed by atoms with Crippen LogP contribution in [0.4, 0.5) is 10.8 Å². The van der Waals surface area contributed by atoms with Crippen LogP contribution in [-0.2, 0) is 4.79 Å². The van der Waals surface area contributed by atoms with Gasteiger partial charge in [0, 0.05) is 15.4 Å². The molecule has 6 nitrogen and oxygen atoms in total. The predicted octanol–water partition coefficient (Wildman–Crippen LogP) is 6.37. The van der Waals surface area contributed by atoms with E-state index in [1.807, 2.05) is 50.4 Å². The lowest BCUT2D eigenvalue weighted by Gasteiger charge is -2.09. The van der Waals surface area contributed by atoms with Crippen molar-refractivity contribution in [2.24, 2.45) is 15.3 Å². The van der Waals surface area contributed by atoms with E-state index in [0.29, 0.717) is 10.8 Å². The fourth-order valence-corrected chi connectivity index (χ4v) is 4.44. The average Bonchev–Trinajstić information content (AvgIpc) is 3.27. The number of hydrogen-bond acceptors (Lipinski definition) is 6. The lowest BCUT2D eigenvalue weighted by atomic mass is 10.1. The highest BCUT2D eigenvalue weighted by atomic mass is 79.9. The first kappa shape index (κ1) is 20.6. The first-order valence-corrected chi connectivity index (χ1v) is 11.1. The molecule has 3 aromatic rings. The largest absolute Gasteiger partial charge is 0.282 e. The Balaban J connectivity index is 1.56. The topological polar surface area (TPSA) is 70.3 Å². The van der Waals surface area contributed by atoms with Crippen LogP contribution < -0.4 is 5.01 Å². The fraction of sp³-hybridized carbons (Fsp3) is 0.227. The van der Waals surface area contributed by atoms with Crippen LogP contribution in [0.3, 0.4) is 0 Å². The van der Waals surface area contributed by atoms with Crippen LogP contribution >= 0.6 is 27.3 Å². The zero-order chi connectivity index (χ0) is 21.4. The molecule has 0 saturated carbocycles. The zero-order valence-electron chi connectivity index (χ0n) is 17.0. The molecule has 30 heavy (non-hydrogen) atoms. The molecule has 152 valence electrons. The molecule has 2 heterocycles. The van der Waals surface area contributed by atoms with Crippen LogP contribution in [0.25, 0.3) is 11.3 Å². The van der Waals surface area contributed by atoms with Gasteiger partial charge in [-0.2, -0.15) is 20.3 Å². The molecule has 0 saturated heterocycles. The highest BCUT2D eigenvalue weighted by Crippen LogP contribution is 2.32. The minimum atomic E-state index is -0.731. The SMILES string of the molecule is CC1=NN(c2nc(-c3ccc(Br)cc3)cs2)C(=O)C1N=Nc1c(C)cc(C)cc1C. The zero-order valence-corrected chi connectivity index (χ0v) is 19.5. The van der Waals surface area contributed by atoms with Crippen LogP contribution in [0.1, 0.15) is 23.6 Å². The van der Waals surface area contributed by atoms with Gasteiger partial charge in [0.1, 0.15) is 0 Å². The third-order valence-corrected chi connectivity index (χ3v) is 6.16. The molecule has 1 atom stereocenters. The second-order valence-electron chi connectivity index (χ2n) is 7.28. The molecule has 1 aliphatic rings. The van der Waals surface area contributed by atoms with E-state index in [1.165, 1.54) is 21.9 Å². The Morgan fingerprint density at radius 1 is 1.07 bits per heavy atom. The summed E-state index contributed by atoms with van der Waals surface area (Å²) in [5.74, 6) is -0.240. The predicted molar refractivity (Wildman–Crippen MR) is 125 cm³/mol. The normalized spacial score (nSPS) is 16.6. The second kappa shape index (κ2) is 8.20. The molecule has 1 aromatic heterocycles. The summed E-state index contributed by atoms with van der Waals surface area (Å²) in [6.07, 6.45) is 0. The Labute approximate surface area is 187 Å². The number of benzene rings is 2. The van der Waals surface area contributed by atoms with Gasteiger partial charge in [-0.1, -0.05) is 45.8 Å². The summed E-state index contributed by atoms with van der Waals surface area (Å²) in [6, 6.07) is 11.3. The molecule has 0 radical (unpaired) electrons. The number of amides is 1. The van der Waals surface area contributed by atoms with Crippen molar-refractivity contribution in [1.82, 2.24) is 4.98 Å². The maximum Gasteiger partial charge on any atom is 0.282 e. The van der Waals surface area contributed by atoms with E-state index in [-0.39, 0.29) is 5.91 Å². The van der Waals surface area contributed by atoms with Crippen molar-refractivity contribution in [3.8, 4) is 11.3 Å². The molecule has 1 unspecified atom stereocenters. The Hall–Kier alpha value is -2.71. The van der Waals surface area contributed by atoms with Gasteiger partial charge in [0.05, 0.1) is 17.1 Å². The van der Waals surface area contributed by atoms with Gasteiger partial charge in [-0.25, -0.2) is 4.98 Å². The highest BCUT2D eigenvalue weighted by molar-refractivity contribution is 9.10. The number of aryl methyl sites for hydroxylation is 3. The summed E-state index contributed by atoms with van der Waals surface area (Å²) in [7, 11) is 0. The van der Waals surface area contributed by atoms with Crippen LogP contribution in [-0.4, -0.2) is 22.6 Å². The van der Waals surface area contributed by atoms with Crippen molar-refractivity contribution in [2.45, 2.75) is 33.7 Å². The number of anilines is 1. The third kappa shape index (κ3) is 3.97. The summed E-state index contributed by atoms with van der Waals surface area (Å²) in [6.45, 7) is 7.83. The number of hydrazone groups is 1. The number of aromatic nitrogens is 1. The molecule has 8 heteroatoms. The maximum atomic E-state index is 13.0. The second-order valence-corrected chi connectivity index (χ2v) is 9.03.